The highest BCUT2D eigenvalue weighted by Gasteiger charge is 2.29. The number of anilines is 1. The summed E-state index contributed by atoms with van der Waals surface area (Å²) in [6, 6.07) is 11.9. The number of aryl methyl sites for hydroxylation is 1. The highest BCUT2D eigenvalue weighted by atomic mass is 32.2. The summed E-state index contributed by atoms with van der Waals surface area (Å²) in [5, 5.41) is 12.7. The van der Waals surface area contributed by atoms with E-state index in [1.807, 2.05) is 0 Å². The Morgan fingerprint density at radius 1 is 1.06 bits per heavy atom. The Bertz CT molecular complexity index is 1400. The number of thiophene rings is 1. The molecule has 0 atom stereocenters. The molecule has 0 saturated heterocycles. The van der Waals surface area contributed by atoms with Crippen molar-refractivity contribution in [1.82, 2.24) is 4.31 Å². The van der Waals surface area contributed by atoms with Gasteiger partial charge < -0.3 is 0 Å². The van der Waals surface area contributed by atoms with Gasteiger partial charge in [0.25, 0.3) is 25.7 Å². The monoisotopic (exact) mass is 493 g/mol. The van der Waals surface area contributed by atoms with Gasteiger partial charge in [0.05, 0.1) is 9.82 Å². The molecular formula is C20H19N3O6S3. The van der Waals surface area contributed by atoms with Crippen molar-refractivity contribution in [2.75, 3.05) is 11.3 Å². The summed E-state index contributed by atoms with van der Waals surface area (Å²) < 4.78 is 55.6. The lowest BCUT2D eigenvalue weighted by atomic mass is 10.0. The molecule has 0 bridgehead atoms. The maximum absolute atomic E-state index is 12.9. The first-order chi connectivity index (χ1) is 15.1. The van der Waals surface area contributed by atoms with Crippen molar-refractivity contribution in [3.8, 4) is 0 Å². The quantitative estimate of drug-likeness (QED) is 0.414. The molecule has 12 heteroatoms. The second-order valence-electron chi connectivity index (χ2n) is 7.32. The van der Waals surface area contributed by atoms with Crippen molar-refractivity contribution in [2.24, 2.45) is 0 Å². The molecule has 0 fully saturated rings. The molecule has 1 aliphatic heterocycles. The minimum atomic E-state index is -4.09. The van der Waals surface area contributed by atoms with Crippen LogP contribution >= 0.6 is 11.3 Å². The summed E-state index contributed by atoms with van der Waals surface area (Å²) in [6.07, 6.45) is 0.511. The van der Waals surface area contributed by atoms with Crippen molar-refractivity contribution < 1.29 is 21.8 Å². The van der Waals surface area contributed by atoms with Gasteiger partial charge in [0.2, 0.25) is 0 Å². The third kappa shape index (κ3) is 4.26. The lowest BCUT2D eigenvalue weighted by molar-refractivity contribution is -0.385. The average Bonchev–Trinajstić information content (AvgIpc) is 3.29. The van der Waals surface area contributed by atoms with E-state index in [0.717, 1.165) is 23.0 Å². The minimum Gasteiger partial charge on any atom is -0.280 e. The number of nitro benzene ring substituents is 1. The number of nitrogens with zero attached hydrogens (tertiary/aromatic N) is 2. The van der Waals surface area contributed by atoms with Gasteiger partial charge in [0, 0.05) is 30.9 Å². The fourth-order valence-corrected chi connectivity index (χ4v) is 7.42. The molecule has 1 aromatic heterocycles. The Kier molecular flexibility index (Phi) is 5.79. The number of non-ortho nitro benzene ring substituents is 1. The summed E-state index contributed by atoms with van der Waals surface area (Å²) in [6.45, 7) is 2.02. The van der Waals surface area contributed by atoms with Gasteiger partial charge in [-0.25, -0.2) is 16.8 Å². The van der Waals surface area contributed by atoms with E-state index in [1.165, 1.54) is 16.4 Å². The summed E-state index contributed by atoms with van der Waals surface area (Å²) >= 11 is 1.15. The number of hydrogen-bond donors (Lipinski definition) is 1. The van der Waals surface area contributed by atoms with E-state index >= 15 is 0 Å². The molecular weight excluding hydrogens is 474 g/mol. The molecule has 1 aliphatic rings. The van der Waals surface area contributed by atoms with Crippen LogP contribution in [0.5, 0.6) is 0 Å². The number of hydrogen-bond acceptors (Lipinski definition) is 7. The van der Waals surface area contributed by atoms with E-state index < -0.39 is 25.0 Å². The van der Waals surface area contributed by atoms with Crippen molar-refractivity contribution >= 4 is 42.8 Å². The zero-order chi connectivity index (χ0) is 23.1. The fourth-order valence-electron chi connectivity index (χ4n) is 3.54. The molecule has 0 saturated carbocycles. The molecule has 0 spiro atoms. The van der Waals surface area contributed by atoms with Crippen molar-refractivity contribution in [3.63, 3.8) is 0 Å². The highest BCUT2D eigenvalue weighted by Crippen LogP contribution is 2.30. The van der Waals surface area contributed by atoms with Crippen LogP contribution in [0.25, 0.3) is 0 Å². The van der Waals surface area contributed by atoms with Gasteiger partial charge in [0.1, 0.15) is 4.21 Å². The zero-order valence-corrected chi connectivity index (χ0v) is 19.3. The van der Waals surface area contributed by atoms with E-state index in [2.05, 4.69) is 4.72 Å². The highest BCUT2D eigenvalue weighted by molar-refractivity contribution is 7.92. The predicted octanol–water partition coefficient (Wildman–Crippen LogP) is 3.51. The molecule has 168 valence electrons. The smallest absolute Gasteiger partial charge is 0.270 e. The molecule has 0 radical (unpaired) electrons. The number of sulfonamides is 2. The number of fused-ring (bicyclic) bond motifs is 1. The molecule has 1 N–H and O–H groups in total. The van der Waals surface area contributed by atoms with Crippen molar-refractivity contribution in [2.45, 2.75) is 29.0 Å². The topological polar surface area (TPSA) is 127 Å². The Balaban J connectivity index is 1.62. The van der Waals surface area contributed by atoms with Gasteiger partial charge in [-0.2, -0.15) is 4.31 Å². The number of benzene rings is 2. The lowest BCUT2D eigenvalue weighted by Crippen LogP contribution is -2.35. The standard InChI is InChI=1S/C20H19N3O6S3/c1-14-4-7-18(23(24)25)12-19(14)31(26,27)21-17-6-5-15-8-9-22(13-16(15)11-17)32(28,29)20-3-2-10-30-20/h2-7,10-12,21H,8-9,13H2,1H3. The summed E-state index contributed by atoms with van der Waals surface area (Å²) in [7, 11) is -7.71. The van der Waals surface area contributed by atoms with Gasteiger partial charge in [-0.05, 0) is 53.6 Å². The largest absolute Gasteiger partial charge is 0.280 e. The number of nitro groups is 1. The molecule has 9 nitrogen and oxygen atoms in total. The van der Waals surface area contributed by atoms with Crippen LogP contribution in [0, 0.1) is 17.0 Å². The average molecular weight is 494 g/mol. The van der Waals surface area contributed by atoms with Gasteiger partial charge >= 0.3 is 0 Å². The summed E-state index contributed by atoms with van der Waals surface area (Å²) in [4.78, 5) is 10.2. The fraction of sp³-hybridized carbons (Fsp3) is 0.200. The summed E-state index contributed by atoms with van der Waals surface area (Å²) in [5.41, 5.74) is 1.94. The molecule has 3 aromatic rings. The third-order valence-electron chi connectivity index (χ3n) is 5.20. The molecule has 0 aliphatic carbocycles. The maximum Gasteiger partial charge on any atom is 0.270 e. The van der Waals surface area contributed by atoms with Crippen LogP contribution in [0.1, 0.15) is 16.7 Å². The van der Waals surface area contributed by atoms with Crippen molar-refractivity contribution in [3.05, 3.63) is 80.7 Å². The van der Waals surface area contributed by atoms with E-state index in [0.29, 0.717) is 24.1 Å². The normalized spacial score (nSPS) is 14.7. The molecule has 0 unspecified atom stereocenters. The molecule has 0 amide bonds. The Morgan fingerprint density at radius 3 is 2.53 bits per heavy atom. The first-order valence-corrected chi connectivity index (χ1v) is 13.3. The maximum atomic E-state index is 12.9. The molecule has 2 heterocycles. The van der Waals surface area contributed by atoms with Gasteiger partial charge in [0.15, 0.2) is 0 Å². The van der Waals surface area contributed by atoms with E-state index in [1.54, 1.807) is 42.6 Å². The molecule has 2 aromatic carbocycles. The summed E-state index contributed by atoms with van der Waals surface area (Å²) in [5.74, 6) is 0. The first-order valence-electron chi connectivity index (χ1n) is 9.51. The van der Waals surface area contributed by atoms with Crippen LogP contribution in [-0.4, -0.2) is 32.6 Å². The molecule has 4 rings (SSSR count). The van der Waals surface area contributed by atoms with Gasteiger partial charge in [-0.1, -0.05) is 18.2 Å². The SMILES string of the molecule is Cc1ccc([N+](=O)[O-])cc1S(=O)(=O)Nc1ccc2c(c1)CN(S(=O)(=O)c1cccs1)CC2. The second kappa shape index (κ2) is 8.28. The second-order valence-corrected chi connectivity index (χ2v) is 12.1. The Labute approximate surface area is 189 Å². The van der Waals surface area contributed by atoms with E-state index in [-0.39, 0.29) is 27.0 Å². The van der Waals surface area contributed by atoms with E-state index in [4.69, 9.17) is 0 Å². The van der Waals surface area contributed by atoms with Gasteiger partial charge in [-0.15, -0.1) is 11.3 Å². The first kappa shape index (κ1) is 22.4. The van der Waals surface area contributed by atoms with E-state index in [9.17, 15) is 26.9 Å². The van der Waals surface area contributed by atoms with Gasteiger partial charge in [-0.3, -0.25) is 14.8 Å². The molecule has 32 heavy (non-hydrogen) atoms. The van der Waals surface area contributed by atoms with Crippen LogP contribution in [0.4, 0.5) is 11.4 Å². The zero-order valence-electron chi connectivity index (χ0n) is 16.9. The lowest BCUT2D eigenvalue weighted by Gasteiger charge is -2.28. The van der Waals surface area contributed by atoms with Crippen LogP contribution in [0.3, 0.4) is 0 Å². The van der Waals surface area contributed by atoms with Crippen LogP contribution in [0.2, 0.25) is 0 Å². The van der Waals surface area contributed by atoms with Crippen molar-refractivity contribution in [1.29, 1.82) is 0 Å². The Hall–Kier alpha value is -2.80. The number of nitrogens with one attached hydrogen (secondary N) is 1. The minimum absolute atomic E-state index is 0.126. The number of rotatable bonds is 6. The Morgan fingerprint density at radius 2 is 1.84 bits per heavy atom. The van der Waals surface area contributed by atoms with Crippen LogP contribution in [-0.2, 0) is 33.0 Å². The van der Waals surface area contributed by atoms with Crippen LogP contribution < -0.4 is 4.72 Å². The van der Waals surface area contributed by atoms with Crippen LogP contribution in [0.15, 0.2) is 63.0 Å². The predicted molar refractivity (Wildman–Crippen MR) is 121 cm³/mol. The third-order valence-corrected chi connectivity index (χ3v) is 9.94.